The van der Waals surface area contributed by atoms with E-state index >= 15 is 0 Å². The van der Waals surface area contributed by atoms with Gasteiger partial charge < -0.3 is 10.4 Å². The summed E-state index contributed by atoms with van der Waals surface area (Å²) in [5.74, 6) is 0.255. The highest BCUT2D eigenvalue weighted by atomic mass is 32.2. The van der Waals surface area contributed by atoms with Gasteiger partial charge in [-0.2, -0.15) is 4.31 Å². The molecule has 2 N–H and O–H groups in total. The predicted octanol–water partition coefficient (Wildman–Crippen LogP) is 2.47. The summed E-state index contributed by atoms with van der Waals surface area (Å²) in [5.41, 5.74) is 2.03. The third-order valence-electron chi connectivity index (χ3n) is 4.19. The maximum absolute atomic E-state index is 12.5. The Hall–Kier alpha value is -1.89. The van der Waals surface area contributed by atoms with Crippen molar-refractivity contribution in [2.75, 3.05) is 13.1 Å². The van der Waals surface area contributed by atoms with Gasteiger partial charge in [-0.3, -0.25) is 0 Å². The average Bonchev–Trinajstić information content (AvgIpc) is 3.11. The summed E-state index contributed by atoms with van der Waals surface area (Å²) >= 11 is 0. The van der Waals surface area contributed by atoms with E-state index in [0.717, 1.165) is 24.0 Å². The van der Waals surface area contributed by atoms with E-state index in [1.807, 2.05) is 24.3 Å². The van der Waals surface area contributed by atoms with Crippen LogP contribution >= 0.6 is 0 Å². The quantitative estimate of drug-likeness (QED) is 0.843. The Kier molecular flexibility index (Phi) is 5.18. The molecule has 2 aromatic carbocycles. The Balaban J connectivity index is 1.58. The van der Waals surface area contributed by atoms with Gasteiger partial charge >= 0.3 is 0 Å². The first-order chi connectivity index (χ1) is 11.6. The first-order valence-corrected chi connectivity index (χ1v) is 9.57. The first-order valence-electron chi connectivity index (χ1n) is 8.13. The number of sulfonamides is 1. The first kappa shape index (κ1) is 17.0. The van der Waals surface area contributed by atoms with Crippen molar-refractivity contribution in [1.82, 2.24) is 9.62 Å². The van der Waals surface area contributed by atoms with Crippen molar-refractivity contribution in [2.45, 2.75) is 30.8 Å². The van der Waals surface area contributed by atoms with Gasteiger partial charge in [-0.05, 0) is 48.2 Å². The average molecular weight is 346 g/mol. The highest BCUT2D eigenvalue weighted by molar-refractivity contribution is 7.89. The van der Waals surface area contributed by atoms with Crippen molar-refractivity contribution >= 4 is 10.0 Å². The lowest BCUT2D eigenvalue weighted by Crippen LogP contribution is -2.27. The molecule has 6 heteroatoms. The second-order valence-electron chi connectivity index (χ2n) is 6.03. The zero-order valence-electron chi connectivity index (χ0n) is 13.5. The molecule has 0 aromatic heterocycles. The molecular formula is C18H22N2O3S. The molecule has 3 rings (SSSR count). The maximum atomic E-state index is 12.5. The fourth-order valence-electron chi connectivity index (χ4n) is 2.87. The molecule has 0 amide bonds. The molecular weight excluding hydrogens is 324 g/mol. The Morgan fingerprint density at radius 3 is 2.29 bits per heavy atom. The van der Waals surface area contributed by atoms with Crippen molar-refractivity contribution in [3.63, 3.8) is 0 Å². The molecule has 5 nitrogen and oxygen atoms in total. The normalized spacial score (nSPS) is 15.7. The molecule has 0 atom stereocenters. The molecule has 0 aliphatic carbocycles. The van der Waals surface area contributed by atoms with E-state index in [9.17, 15) is 13.5 Å². The molecule has 1 aliphatic rings. The van der Waals surface area contributed by atoms with Crippen LogP contribution in [-0.4, -0.2) is 30.9 Å². The van der Waals surface area contributed by atoms with E-state index in [2.05, 4.69) is 5.32 Å². The molecule has 24 heavy (non-hydrogen) atoms. The number of phenolic OH excluding ortho intramolecular Hbond substituents is 1. The molecule has 0 spiro atoms. The summed E-state index contributed by atoms with van der Waals surface area (Å²) in [6.45, 7) is 2.52. The Labute approximate surface area is 143 Å². The van der Waals surface area contributed by atoms with Gasteiger partial charge in [0.1, 0.15) is 5.75 Å². The van der Waals surface area contributed by atoms with Crippen molar-refractivity contribution in [1.29, 1.82) is 0 Å². The van der Waals surface area contributed by atoms with Crippen LogP contribution < -0.4 is 5.32 Å². The van der Waals surface area contributed by atoms with E-state index in [0.29, 0.717) is 31.1 Å². The molecule has 1 saturated heterocycles. The minimum atomic E-state index is -3.34. The standard InChI is InChI=1S/C18H22N2O3S/c21-17-5-3-4-16(12-17)14-19-13-15-6-8-18(9-7-15)24(22,23)20-10-1-2-11-20/h3-9,12,19,21H,1-2,10-11,13-14H2. The topological polar surface area (TPSA) is 69.6 Å². The number of benzene rings is 2. The molecule has 128 valence electrons. The third-order valence-corrected chi connectivity index (χ3v) is 6.11. The highest BCUT2D eigenvalue weighted by Crippen LogP contribution is 2.21. The van der Waals surface area contributed by atoms with Gasteiger partial charge in [-0.15, -0.1) is 0 Å². The lowest BCUT2D eigenvalue weighted by atomic mass is 10.2. The van der Waals surface area contributed by atoms with E-state index in [1.54, 1.807) is 28.6 Å². The Bertz CT molecular complexity index is 782. The van der Waals surface area contributed by atoms with E-state index in [4.69, 9.17) is 0 Å². The van der Waals surface area contributed by atoms with Crippen LogP contribution in [0.1, 0.15) is 24.0 Å². The number of hydrogen-bond acceptors (Lipinski definition) is 4. The van der Waals surface area contributed by atoms with Gasteiger partial charge in [0.05, 0.1) is 4.90 Å². The molecule has 1 aliphatic heterocycles. The SMILES string of the molecule is O=S(=O)(c1ccc(CNCc2cccc(O)c2)cc1)N1CCCC1. The number of nitrogens with zero attached hydrogens (tertiary/aromatic N) is 1. The van der Waals surface area contributed by atoms with E-state index < -0.39 is 10.0 Å². The fourth-order valence-corrected chi connectivity index (χ4v) is 4.39. The zero-order chi connectivity index (χ0) is 17.0. The Morgan fingerprint density at radius 2 is 1.62 bits per heavy atom. The van der Waals surface area contributed by atoms with Gasteiger partial charge in [-0.1, -0.05) is 24.3 Å². The summed E-state index contributed by atoms with van der Waals surface area (Å²) in [5, 5.41) is 12.7. The van der Waals surface area contributed by atoms with Gasteiger partial charge in [0.25, 0.3) is 0 Å². The lowest BCUT2D eigenvalue weighted by Gasteiger charge is -2.15. The number of hydrogen-bond donors (Lipinski definition) is 2. The van der Waals surface area contributed by atoms with Gasteiger partial charge in [-0.25, -0.2) is 8.42 Å². The second-order valence-corrected chi connectivity index (χ2v) is 7.97. The van der Waals surface area contributed by atoms with Crippen LogP contribution in [0.4, 0.5) is 0 Å². The number of aromatic hydroxyl groups is 1. The van der Waals surface area contributed by atoms with Gasteiger partial charge in [0.15, 0.2) is 0 Å². The van der Waals surface area contributed by atoms with Crippen LogP contribution in [-0.2, 0) is 23.1 Å². The molecule has 0 unspecified atom stereocenters. The van der Waals surface area contributed by atoms with E-state index in [-0.39, 0.29) is 5.75 Å². The number of rotatable bonds is 6. The molecule has 0 bridgehead atoms. The number of phenols is 1. The summed E-state index contributed by atoms with van der Waals surface area (Å²) in [4.78, 5) is 0.362. The molecule has 0 saturated carbocycles. The monoisotopic (exact) mass is 346 g/mol. The maximum Gasteiger partial charge on any atom is 0.243 e. The van der Waals surface area contributed by atoms with Gasteiger partial charge in [0, 0.05) is 26.2 Å². The molecule has 0 radical (unpaired) electrons. The minimum absolute atomic E-state index is 0.255. The largest absolute Gasteiger partial charge is 0.508 e. The highest BCUT2D eigenvalue weighted by Gasteiger charge is 2.26. The Morgan fingerprint density at radius 1 is 0.958 bits per heavy atom. The smallest absolute Gasteiger partial charge is 0.243 e. The van der Waals surface area contributed by atoms with Crippen LogP contribution in [0.15, 0.2) is 53.4 Å². The minimum Gasteiger partial charge on any atom is -0.508 e. The molecule has 1 fully saturated rings. The zero-order valence-corrected chi connectivity index (χ0v) is 14.3. The van der Waals surface area contributed by atoms with Gasteiger partial charge in [0.2, 0.25) is 10.0 Å². The van der Waals surface area contributed by atoms with E-state index in [1.165, 1.54) is 0 Å². The van der Waals surface area contributed by atoms with Crippen LogP contribution in [0.25, 0.3) is 0 Å². The molecule has 1 heterocycles. The molecule has 2 aromatic rings. The fraction of sp³-hybridized carbons (Fsp3) is 0.333. The summed E-state index contributed by atoms with van der Waals surface area (Å²) < 4.78 is 26.5. The van der Waals surface area contributed by atoms with Crippen LogP contribution in [0.5, 0.6) is 5.75 Å². The second kappa shape index (κ2) is 7.34. The van der Waals surface area contributed by atoms with Crippen LogP contribution in [0.2, 0.25) is 0 Å². The number of nitrogens with one attached hydrogen (secondary N) is 1. The van der Waals surface area contributed by atoms with Crippen molar-refractivity contribution < 1.29 is 13.5 Å². The van der Waals surface area contributed by atoms with Crippen molar-refractivity contribution in [3.05, 3.63) is 59.7 Å². The summed E-state index contributed by atoms with van der Waals surface area (Å²) in [6.07, 6.45) is 1.88. The van der Waals surface area contributed by atoms with Crippen LogP contribution in [0.3, 0.4) is 0 Å². The van der Waals surface area contributed by atoms with Crippen molar-refractivity contribution in [3.8, 4) is 5.75 Å². The summed E-state index contributed by atoms with van der Waals surface area (Å²) in [7, 11) is -3.34. The third kappa shape index (κ3) is 3.95. The van der Waals surface area contributed by atoms with Crippen LogP contribution in [0, 0.1) is 0 Å². The summed E-state index contributed by atoms with van der Waals surface area (Å²) in [6, 6.07) is 14.2. The van der Waals surface area contributed by atoms with Crippen molar-refractivity contribution in [2.24, 2.45) is 0 Å². The predicted molar refractivity (Wildman–Crippen MR) is 93.1 cm³/mol. The lowest BCUT2D eigenvalue weighted by molar-refractivity contribution is 0.474.